The van der Waals surface area contributed by atoms with Crippen molar-refractivity contribution in [2.75, 3.05) is 26.3 Å². The smallest absolute Gasteiger partial charge is 0.324 e. The van der Waals surface area contributed by atoms with E-state index in [0.717, 1.165) is 18.7 Å². The molecule has 3 rings (SSSR count). The maximum Gasteiger partial charge on any atom is 0.324 e. The van der Waals surface area contributed by atoms with Gasteiger partial charge in [-0.3, -0.25) is 9.69 Å². The van der Waals surface area contributed by atoms with Crippen molar-refractivity contribution in [1.29, 1.82) is 0 Å². The molecule has 3 atom stereocenters. The third-order valence-electron chi connectivity index (χ3n) is 7.13. The first kappa shape index (κ1) is 22.4. The molecule has 0 amide bonds. The Hall–Kier alpha value is -1.24. The van der Waals surface area contributed by atoms with E-state index in [1.807, 2.05) is 6.07 Å². The van der Waals surface area contributed by atoms with Crippen LogP contribution in [0.4, 0.5) is 4.39 Å². The van der Waals surface area contributed by atoms with E-state index in [-0.39, 0.29) is 40.1 Å². The maximum atomic E-state index is 14.0. The van der Waals surface area contributed by atoms with Crippen LogP contribution >= 0.6 is 0 Å². The fourth-order valence-corrected chi connectivity index (χ4v) is 5.37. The summed E-state index contributed by atoms with van der Waals surface area (Å²) in [5.41, 5.74) is 0.763. The van der Waals surface area contributed by atoms with Gasteiger partial charge in [-0.1, -0.05) is 46.8 Å². The molecule has 29 heavy (non-hydrogen) atoms. The van der Waals surface area contributed by atoms with Gasteiger partial charge in [0, 0.05) is 36.9 Å². The maximum absolute atomic E-state index is 14.0. The van der Waals surface area contributed by atoms with Crippen LogP contribution in [0.5, 0.6) is 0 Å². The molecule has 1 aromatic carbocycles. The summed E-state index contributed by atoms with van der Waals surface area (Å²) in [6.07, 6.45) is 0. The summed E-state index contributed by atoms with van der Waals surface area (Å²) in [4.78, 5) is 14.7. The number of halogens is 1. The second-order valence-electron chi connectivity index (χ2n) is 10.9. The average molecular weight is 422 g/mol. The molecule has 3 unspecified atom stereocenters. The number of ether oxygens (including phenoxy) is 1. The Kier molecular flexibility index (Phi) is 6.02. The van der Waals surface area contributed by atoms with E-state index < -0.39 is 8.32 Å². The summed E-state index contributed by atoms with van der Waals surface area (Å²) in [5, 5.41) is 0.136. The highest BCUT2D eigenvalue weighted by Crippen LogP contribution is 2.42. The monoisotopic (exact) mass is 421 g/mol. The largest absolute Gasteiger partial charge is 0.464 e. The highest BCUT2D eigenvalue weighted by molar-refractivity contribution is 6.74. The van der Waals surface area contributed by atoms with E-state index in [1.165, 1.54) is 6.07 Å². The fourth-order valence-electron chi connectivity index (χ4n) is 4.31. The van der Waals surface area contributed by atoms with Crippen molar-refractivity contribution in [3.8, 4) is 0 Å². The van der Waals surface area contributed by atoms with Crippen LogP contribution in [0.25, 0.3) is 0 Å². The molecule has 2 heterocycles. The molecule has 1 aromatic rings. The van der Waals surface area contributed by atoms with Crippen LogP contribution < -0.4 is 0 Å². The molecule has 2 fully saturated rings. The topological polar surface area (TPSA) is 38.8 Å². The second kappa shape index (κ2) is 7.78. The molecule has 6 heteroatoms. The van der Waals surface area contributed by atoms with E-state index in [4.69, 9.17) is 9.16 Å². The quantitative estimate of drug-likeness (QED) is 0.505. The molecule has 2 saturated heterocycles. The molecule has 4 nitrogen and oxygen atoms in total. The van der Waals surface area contributed by atoms with Gasteiger partial charge in [-0.2, -0.15) is 0 Å². The summed E-state index contributed by atoms with van der Waals surface area (Å²) in [6.45, 7) is 18.0. The molecule has 0 N–H and O–H groups in total. The van der Waals surface area contributed by atoms with Crippen molar-refractivity contribution in [3.63, 3.8) is 0 Å². The van der Waals surface area contributed by atoms with Crippen molar-refractivity contribution in [2.45, 2.75) is 64.7 Å². The Bertz CT molecular complexity index is 759. The van der Waals surface area contributed by atoms with E-state index in [2.05, 4.69) is 52.6 Å². The first-order valence-corrected chi connectivity index (χ1v) is 13.5. The summed E-state index contributed by atoms with van der Waals surface area (Å²) < 4.78 is 25.9. The zero-order chi connectivity index (χ0) is 21.6. The van der Waals surface area contributed by atoms with E-state index in [9.17, 15) is 9.18 Å². The van der Waals surface area contributed by atoms with Gasteiger partial charge in [0.05, 0.1) is 6.61 Å². The highest BCUT2D eigenvalue weighted by atomic mass is 28.4. The number of rotatable bonds is 5. The van der Waals surface area contributed by atoms with Crippen molar-refractivity contribution >= 4 is 14.3 Å². The van der Waals surface area contributed by atoms with Crippen LogP contribution in [-0.2, 0) is 14.0 Å². The standard InChI is InChI=1S/C23H36FNO3Si/c1-22(2,3)29(6,7)28-14-17-12-25(20-21(26)27-15-23(20,4)5)13-19(17)16-9-8-10-18(24)11-16/h8-11,17,19-20H,12-15H2,1-7H3. The number of cyclic esters (lactones) is 1. The second-order valence-corrected chi connectivity index (χ2v) is 15.8. The van der Waals surface area contributed by atoms with Gasteiger partial charge in [0.25, 0.3) is 0 Å². The summed E-state index contributed by atoms with van der Waals surface area (Å²) in [6, 6.07) is 6.62. The minimum Gasteiger partial charge on any atom is -0.464 e. The minimum atomic E-state index is -1.89. The van der Waals surface area contributed by atoms with Gasteiger partial charge < -0.3 is 9.16 Å². The van der Waals surface area contributed by atoms with Gasteiger partial charge in [0.2, 0.25) is 0 Å². The molecule has 0 aromatic heterocycles. The van der Waals surface area contributed by atoms with Gasteiger partial charge in [0.1, 0.15) is 11.9 Å². The van der Waals surface area contributed by atoms with Gasteiger partial charge >= 0.3 is 5.97 Å². The molecule has 162 valence electrons. The predicted molar refractivity (Wildman–Crippen MR) is 116 cm³/mol. The van der Waals surface area contributed by atoms with E-state index >= 15 is 0 Å². The van der Waals surface area contributed by atoms with E-state index in [0.29, 0.717) is 13.2 Å². The molecule has 2 aliphatic heterocycles. The number of carbonyl (C=O) groups excluding carboxylic acids is 1. The van der Waals surface area contributed by atoms with Gasteiger partial charge in [0.15, 0.2) is 8.32 Å². The number of carbonyl (C=O) groups is 1. The Morgan fingerprint density at radius 3 is 2.52 bits per heavy atom. The molecule has 0 radical (unpaired) electrons. The first-order valence-electron chi connectivity index (χ1n) is 10.6. The van der Waals surface area contributed by atoms with Crippen LogP contribution in [0.2, 0.25) is 18.1 Å². The normalized spacial score (nSPS) is 28.0. The average Bonchev–Trinajstić information content (AvgIpc) is 3.12. The molecule has 0 aliphatic carbocycles. The van der Waals surface area contributed by atoms with Crippen molar-refractivity contribution < 1.29 is 18.3 Å². The van der Waals surface area contributed by atoms with Crippen molar-refractivity contribution in [3.05, 3.63) is 35.6 Å². The van der Waals surface area contributed by atoms with E-state index in [1.54, 1.807) is 12.1 Å². The van der Waals surface area contributed by atoms with Gasteiger partial charge in [-0.15, -0.1) is 0 Å². The zero-order valence-electron chi connectivity index (χ0n) is 18.9. The summed E-state index contributed by atoms with van der Waals surface area (Å²) in [7, 11) is -1.89. The van der Waals surface area contributed by atoms with Crippen LogP contribution in [0.1, 0.15) is 46.1 Å². The summed E-state index contributed by atoms with van der Waals surface area (Å²) in [5.74, 6) is -0.000582. The molecule has 0 bridgehead atoms. The van der Waals surface area contributed by atoms with Crippen LogP contribution in [0.3, 0.4) is 0 Å². The first-order chi connectivity index (χ1) is 13.3. The van der Waals surface area contributed by atoms with Crippen LogP contribution in [0.15, 0.2) is 24.3 Å². The number of hydrogen-bond acceptors (Lipinski definition) is 4. The fraction of sp³-hybridized carbons (Fsp3) is 0.696. The van der Waals surface area contributed by atoms with Gasteiger partial charge in [-0.25, -0.2) is 4.39 Å². The third kappa shape index (κ3) is 4.59. The number of likely N-dealkylation sites (tertiary alicyclic amines) is 1. The zero-order valence-corrected chi connectivity index (χ0v) is 19.9. The summed E-state index contributed by atoms with van der Waals surface area (Å²) >= 11 is 0. The SMILES string of the molecule is CC1(C)COC(=O)C1N1CC(CO[Si](C)(C)C(C)(C)C)C(c2cccc(F)c2)C1. The Labute approximate surface area is 175 Å². The lowest BCUT2D eigenvalue weighted by Crippen LogP contribution is -2.46. The van der Waals surface area contributed by atoms with Crippen LogP contribution in [0, 0.1) is 17.2 Å². The lowest BCUT2D eigenvalue weighted by Gasteiger charge is -2.37. The lowest BCUT2D eigenvalue weighted by atomic mass is 9.86. The number of nitrogens with zero attached hydrogens (tertiary/aromatic N) is 1. The minimum absolute atomic E-state index is 0.136. The van der Waals surface area contributed by atoms with Crippen molar-refractivity contribution in [2.24, 2.45) is 11.3 Å². The lowest BCUT2D eigenvalue weighted by molar-refractivity contribution is -0.142. The van der Waals surface area contributed by atoms with Gasteiger partial charge in [-0.05, 0) is 35.8 Å². The molecule has 0 saturated carbocycles. The van der Waals surface area contributed by atoms with Crippen LogP contribution in [-0.4, -0.2) is 51.5 Å². The molecular formula is C23H36FNO3Si. The van der Waals surface area contributed by atoms with Crippen molar-refractivity contribution in [1.82, 2.24) is 4.90 Å². The number of esters is 1. The Morgan fingerprint density at radius 1 is 1.28 bits per heavy atom. The Balaban J connectivity index is 1.84. The molecule has 0 spiro atoms. The highest BCUT2D eigenvalue weighted by Gasteiger charge is 2.51. The predicted octanol–water partition coefficient (Wildman–Crippen LogP) is 4.81. The Morgan fingerprint density at radius 2 is 1.97 bits per heavy atom. The third-order valence-corrected chi connectivity index (χ3v) is 11.6. The number of benzene rings is 1. The molecule has 2 aliphatic rings. The number of hydrogen-bond donors (Lipinski definition) is 0. The molecular weight excluding hydrogens is 385 g/mol.